The van der Waals surface area contributed by atoms with Crippen LogP contribution in [0.25, 0.3) is 11.0 Å². The van der Waals surface area contributed by atoms with Crippen molar-refractivity contribution < 1.29 is 0 Å². The van der Waals surface area contributed by atoms with Gasteiger partial charge in [0.25, 0.3) is 0 Å². The standard InChI is InChI=1S/C10H14N4/c1-10(2,3)7-5-11-6-8-9(7)12-13-14(8)4/h5-6H,1-4H3. The van der Waals surface area contributed by atoms with Crippen molar-refractivity contribution in [1.82, 2.24) is 20.0 Å². The lowest BCUT2D eigenvalue weighted by molar-refractivity contribution is 0.592. The van der Waals surface area contributed by atoms with Crippen molar-refractivity contribution in [2.75, 3.05) is 0 Å². The van der Waals surface area contributed by atoms with Gasteiger partial charge in [-0.3, -0.25) is 4.98 Å². The maximum absolute atomic E-state index is 4.21. The topological polar surface area (TPSA) is 43.6 Å². The summed E-state index contributed by atoms with van der Waals surface area (Å²) in [7, 11) is 1.88. The fourth-order valence-electron chi connectivity index (χ4n) is 1.49. The fraction of sp³-hybridized carbons (Fsp3) is 0.500. The molecule has 2 heterocycles. The van der Waals surface area contributed by atoms with Crippen molar-refractivity contribution in [3.8, 4) is 0 Å². The summed E-state index contributed by atoms with van der Waals surface area (Å²) in [5.74, 6) is 0. The van der Waals surface area contributed by atoms with Crippen LogP contribution in [-0.2, 0) is 12.5 Å². The monoisotopic (exact) mass is 190 g/mol. The van der Waals surface area contributed by atoms with E-state index in [4.69, 9.17) is 0 Å². The number of pyridine rings is 1. The van der Waals surface area contributed by atoms with Crippen LogP contribution in [0.3, 0.4) is 0 Å². The molecule has 0 aliphatic heterocycles. The van der Waals surface area contributed by atoms with Crippen molar-refractivity contribution in [2.45, 2.75) is 26.2 Å². The highest BCUT2D eigenvalue weighted by Gasteiger charge is 2.19. The number of rotatable bonds is 0. The smallest absolute Gasteiger partial charge is 0.120 e. The summed E-state index contributed by atoms with van der Waals surface area (Å²) in [5.41, 5.74) is 3.14. The first-order valence-electron chi connectivity index (χ1n) is 4.64. The molecule has 0 unspecified atom stereocenters. The maximum Gasteiger partial charge on any atom is 0.120 e. The van der Waals surface area contributed by atoms with Gasteiger partial charge in [0.2, 0.25) is 0 Å². The zero-order valence-electron chi connectivity index (χ0n) is 8.94. The van der Waals surface area contributed by atoms with E-state index in [1.165, 1.54) is 0 Å². The van der Waals surface area contributed by atoms with Gasteiger partial charge >= 0.3 is 0 Å². The average molecular weight is 190 g/mol. The summed E-state index contributed by atoms with van der Waals surface area (Å²) < 4.78 is 1.75. The predicted molar refractivity (Wildman–Crippen MR) is 55.0 cm³/mol. The first-order chi connectivity index (χ1) is 6.50. The molecule has 2 rings (SSSR count). The van der Waals surface area contributed by atoms with Crippen molar-refractivity contribution in [3.63, 3.8) is 0 Å². The summed E-state index contributed by atoms with van der Waals surface area (Å²) in [5, 5.41) is 8.15. The Morgan fingerprint density at radius 2 is 1.93 bits per heavy atom. The van der Waals surface area contributed by atoms with Gasteiger partial charge in [-0.15, -0.1) is 5.10 Å². The Morgan fingerprint density at radius 3 is 2.57 bits per heavy atom. The molecule has 2 aromatic rings. The van der Waals surface area contributed by atoms with Crippen molar-refractivity contribution in [1.29, 1.82) is 0 Å². The molecule has 14 heavy (non-hydrogen) atoms. The van der Waals surface area contributed by atoms with Gasteiger partial charge in [0, 0.05) is 18.8 Å². The molecule has 0 N–H and O–H groups in total. The Hall–Kier alpha value is -1.45. The van der Waals surface area contributed by atoms with E-state index >= 15 is 0 Å². The number of nitrogens with zero attached hydrogens (tertiary/aromatic N) is 4. The SMILES string of the molecule is Cn1nnc2c(C(C)(C)C)cncc21. The Labute approximate surface area is 83.0 Å². The molecule has 4 nitrogen and oxygen atoms in total. The molecule has 0 aromatic carbocycles. The molecule has 0 fully saturated rings. The summed E-state index contributed by atoms with van der Waals surface area (Å²) >= 11 is 0. The average Bonchev–Trinajstić information content (AvgIpc) is 2.46. The second kappa shape index (κ2) is 2.77. The van der Waals surface area contributed by atoms with E-state index in [1.807, 2.05) is 13.2 Å². The molecule has 0 aliphatic rings. The van der Waals surface area contributed by atoms with Gasteiger partial charge in [-0.05, 0) is 5.41 Å². The molecule has 2 aromatic heterocycles. The van der Waals surface area contributed by atoms with Crippen LogP contribution in [0.2, 0.25) is 0 Å². The molecule has 0 atom stereocenters. The number of aryl methyl sites for hydroxylation is 1. The number of aromatic nitrogens is 4. The van der Waals surface area contributed by atoms with Crippen LogP contribution < -0.4 is 0 Å². The fourth-order valence-corrected chi connectivity index (χ4v) is 1.49. The molecular weight excluding hydrogens is 176 g/mol. The number of hydrogen-bond donors (Lipinski definition) is 0. The maximum atomic E-state index is 4.21. The quantitative estimate of drug-likeness (QED) is 0.634. The van der Waals surface area contributed by atoms with Crippen LogP contribution >= 0.6 is 0 Å². The summed E-state index contributed by atoms with van der Waals surface area (Å²) in [6.07, 6.45) is 3.67. The summed E-state index contributed by atoms with van der Waals surface area (Å²) in [4.78, 5) is 4.21. The van der Waals surface area contributed by atoms with Crippen LogP contribution in [0.1, 0.15) is 26.3 Å². The molecule has 0 aliphatic carbocycles. The zero-order valence-corrected chi connectivity index (χ0v) is 8.94. The van der Waals surface area contributed by atoms with Gasteiger partial charge < -0.3 is 0 Å². The minimum atomic E-state index is 0.0581. The third-order valence-electron chi connectivity index (χ3n) is 2.33. The lowest BCUT2D eigenvalue weighted by Crippen LogP contribution is -2.12. The second-order valence-corrected chi connectivity index (χ2v) is 4.52. The van der Waals surface area contributed by atoms with Gasteiger partial charge in [0.05, 0.1) is 6.20 Å². The van der Waals surface area contributed by atoms with Crippen LogP contribution in [0, 0.1) is 0 Å². The van der Waals surface area contributed by atoms with Gasteiger partial charge in [0.15, 0.2) is 0 Å². The van der Waals surface area contributed by atoms with Gasteiger partial charge in [0.1, 0.15) is 11.0 Å². The highest BCUT2D eigenvalue weighted by Crippen LogP contribution is 2.26. The first-order valence-corrected chi connectivity index (χ1v) is 4.64. The molecule has 4 heteroatoms. The van der Waals surface area contributed by atoms with Crippen LogP contribution in [-0.4, -0.2) is 20.0 Å². The molecule has 0 saturated carbocycles. The summed E-state index contributed by atoms with van der Waals surface area (Å²) in [6, 6.07) is 0. The van der Waals surface area contributed by atoms with Crippen molar-refractivity contribution in [3.05, 3.63) is 18.0 Å². The van der Waals surface area contributed by atoms with Crippen LogP contribution in [0.15, 0.2) is 12.4 Å². The van der Waals surface area contributed by atoms with E-state index in [9.17, 15) is 0 Å². The van der Waals surface area contributed by atoms with E-state index in [0.29, 0.717) is 0 Å². The van der Waals surface area contributed by atoms with Crippen LogP contribution in [0.5, 0.6) is 0 Å². The van der Waals surface area contributed by atoms with Crippen molar-refractivity contribution in [2.24, 2.45) is 7.05 Å². The van der Waals surface area contributed by atoms with E-state index in [1.54, 1.807) is 10.9 Å². The molecule has 74 valence electrons. The normalized spacial score (nSPS) is 12.3. The van der Waals surface area contributed by atoms with Gasteiger partial charge in [-0.25, -0.2) is 4.68 Å². The number of fused-ring (bicyclic) bond motifs is 1. The Morgan fingerprint density at radius 1 is 1.21 bits per heavy atom. The van der Waals surface area contributed by atoms with E-state index < -0.39 is 0 Å². The Bertz CT molecular complexity index is 464. The van der Waals surface area contributed by atoms with Gasteiger partial charge in [-0.1, -0.05) is 26.0 Å². The largest absolute Gasteiger partial charge is 0.262 e. The lowest BCUT2D eigenvalue weighted by atomic mass is 9.87. The zero-order chi connectivity index (χ0) is 10.3. The molecule has 0 radical (unpaired) electrons. The highest BCUT2D eigenvalue weighted by molar-refractivity contribution is 5.77. The third kappa shape index (κ3) is 1.27. The molecule has 0 amide bonds. The molecule has 0 saturated heterocycles. The molecule has 0 spiro atoms. The molecule has 0 bridgehead atoms. The molecular formula is C10H14N4. The van der Waals surface area contributed by atoms with E-state index in [0.717, 1.165) is 16.6 Å². The minimum absolute atomic E-state index is 0.0581. The van der Waals surface area contributed by atoms with Crippen LogP contribution in [0.4, 0.5) is 0 Å². The van der Waals surface area contributed by atoms with E-state index in [2.05, 4.69) is 36.1 Å². The minimum Gasteiger partial charge on any atom is -0.262 e. The predicted octanol–water partition coefficient (Wildman–Crippen LogP) is 1.66. The van der Waals surface area contributed by atoms with Gasteiger partial charge in [-0.2, -0.15) is 0 Å². The Kier molecular flexibility index (Phi) is 1.80. The summed E-state index contributed by atoms with van der Waals surface area (Å²) in [6.45, 7) is 6.45. The highest BCUT2D eigenvalue weighted by atomic mass is 15.4. The van der Waals surface area contributed by atoms with Crippen molar-refractivity contribution >= 4 is 11.0 Å². The van der Waals surface area contributed by atoms with E-state index in [-0.39, 0.29) is 5.41 Å². The number of hydrogen-bond acceptors (Lipinski definition) is 3. The lowest BCUT2D eigenvalue weighted by Gasteiger charge is -2.18. The second-order valence-electron chi connectivity index (χ2n) is 4.52. The third-order valence-corrected chi connectivity index (χ3v) is 2.33. The first kappa shape index (κ1) is 9.12. The Balaban J connectivity index is 2.79.